The second-order valence-corrected chi connectivity index (χ2v) is 9.29. The maximum absolute atomic E-state index is 12.9. The van der Waals surface area contributed by atoms with Gasteiger partial charge in [0.05, 0.1) is 16.3 Å². The number of nitrogens with one attached hydrogen (secondary N) is 3. The van der Waals surface area contributed by atoms with Crippen LogP contribution < -0.4 is 16.0 Å². The van der Waals surface area contributed by atoms with Crippen molar-refractivity contribution in [2.45, 2.75) is 23.1 Å². The Bertz CT molecular complexity index is 951. The third-order valence-electron chi connectivity index (χ3n) is 3.70. The maximum Gasteiger partial charge on any atom is 0.416 e. The minimum Gasteiger partial charge on any atom is -0.339 e. The molecule has 0 saturated carbocycles. The molecule has 0 aliphatic heterocycles. The smallest absolute Gasteiger partial charge is 0.339 e. The number of benzene rings is 2. The molecule has 2 aromatic rings. The van der Waals surface area contributed by atoms with Gasteiger partial charge in [0.15, 0.2) is 5.11 Å². The minimum atomic E-state index is -4.57. The summed E-state index contributed by atoms with van der Waals surface area (Å²) in [6.45, 7) is 1.80. The topological polar surface area (TPSA) is 53.2 Å². The van der Waals surface area contributed by atoms with E-state index < -0.39 is 27.6 Å². The van der Waals surface area contributed by atoms with Crippen molar-refractivity contribution < 1.29 is 18.0 Å². The van der Waals surface area contributed by atoms with Gasteiger partial charge in [-0.25, -0.2) is 0 Å². The predicted octanol–water partition coefficient (Wildman–Crippen LogP) is 6.08. The van der Waals surface area contributed by atoms with E-state index in [2.05, 4.69) is 16.0 Å². The van der Waals surface area contributed by atoms with Crippen molar-refractivity contribution in [3.63, 3.8) is 0 Å². The van der Waals surface area contributed by atoms with E-state index in [0.29, 0.717) is 5.56 Å². The number of alkyl halides is 6. The molecule has 0 aliphatic carbocycles. The second-order valence-electron chi connectivity index (χ2n) is 6.11. The van der Waals surface area contributed by atoms with Gasteiger partial charge >= 0.3 is 6.18 Å². The molecule has 0 heterocycles. The van der Waals surface area contributed by atoms with Gasteiger partial charge in [0.1, 0.15) is 6.17 Å². The van der Waals surface area contributed by atoms with Crippen molar-refractivity contribution in [3.05, 3.63) is 64.2 Å². The fraction of sp³-hybridized carbons (Fsp3) is 0.222. The Morgan fingerprint density at radius 2 is 1.73 bits per heavy atom. The SMILES string of the molecule is Cc1cccc(C(=O)N[C@@H](NC(=S)Nc2cc(C(F)(F)F)ccc2Cl)C(Cl)(Cl)Cl)c1. The van der Waals surface area contributed by atoms with Crippen LogP contribution in [0.3, 0.4) is 0 Å². The molecular formula is C18H14Cl4F3N3OS. The van der Waals surface area contributed by atoms with Gasteiger partial charge in [0.25, 0.3) is 5.91 Å². The Morgan fingerprint density at radius 3 is 2.30 bits per heavy atom. The highest BCUT2D eigenvalue weighted by Crippen LogP contribution is 2.34. The Morgan fingerprint density at radius 1 is 1.07 bits per heavy atom. The fourth-order valence-corrected chi connectivity index (χ4v) is 3.01. The summed E-state index contributed by atoms with van der Waals surface area (Å²) >= 11 is 28.8. The van der Waals surface area contributed by atoms with Crippen molar-refractivity contribution in [2.75, 3.05) is 5.32 Å². The number of halogens is 7. The third-order valence-corrected chi connectivity index (χ3v) is 4.90. The van der Waals surface area contributed by atoms with E-state index >= 15 is 0 Å². The largest absolute Gasteiger partial charge is 0.416 e. The van der Waals surface area contributed by atoms with Crippen LogP contribution in [0, 0.1) is 6.92 Å². The first-order valence-electron chi connectivity index (χ1n) is 8.16. The van der Waals surface area contributed by atoms with Gasteiger partial charge in [-0.1, -0.05) is 64.1 Å². The van der Waals surface area contributed by atoms with Gasteiger partial charge in [0, 0.05) is 5.56 Å². The van der Waals surface area contributed by atoms with Gasteiger partial charge in [0.2, 0.25) is 3.79 Å². The number of rotatable bonds is 4. The Balaban J connectivity index is 2.16. The standard InChI is InChI=1S/C18H14Cl4F3N3OS/c1-9-3-2-4-10(7-9)14(29)27-15(17(20,21)22)28-16(30)26-13-8-11(18(23,24)25)5-6-12(13)19/h2-8,15H,1H3,(H,27,29)(H2,26,28,30)/t15-/m0/s1. The van der Waals surface area contributed by atoms with Crippen molar-refractivity contribution in [3.8, 4) is 0 Å². The number of carbonyl (C=O) groups is 1. The van der Waals surface area contributed by atoms with Gasteiger partial charge < -0.3 is 16.0 Å². The van der Waals surface area contributed by atoms with Gasteiger partial charge in [-0.2, -0.15) is 13.2 Å². The average Bonchev–Trinajstić information content (AvgIpc) is 2.61. The number of thiocarbonyl (C=S) groups is 1. The fourth-order valence-electron chi connectivity index (χ4n) is 2.29. The maximum atomic E-state index is 12.9. The molecule has 0 unspecified atom stereocenters. The summed E-state index contributed by atoms with van der Waals surface area (Å²) in [7, 11) is 0. The zero-order chi connectivity index (χ0) is 22.7. The van der Waals surface area contributed by atoms with Crippen LogP contribution in [0.5, 0.6) is 0 Å². The lowest BCUT2D eigenvalue weighted by Crippen LogP contribution is -2.56. The molecule has 12 heteroatoms. The molecule has 2 rings (SSSR count). The first-order chi connectivity index (χ1) is 13.8. The summed E-state index contributed by atoms with van der Waals surface area (Å²) in [5.41, 5.74) is 0.119. The molecule has 30 heavy (non-hydrogen) atoms. The lowest BCUT2D eigenvalue weighted by molar-refractivity contribution is -0.137. The van der Waals surface area contributed by atoms with Crippen molar-refractivity contribution in [2.24, 2.45) is 0 Å². The summed E-state index contributed by atoms with van der Waals surface area (Å²) in [6.07, 6.45) is -5.88. The van der Waals surface area contributed by atoms with E-state index in [1.165, 1.54) is 0 Å². The van der Waals surface area contributed by atoms with E-state index in [9.17, 15) is 18.0 Å². The highest BCUT2D eigenvalue weighted by atomic mass is 35.6. The normalized spacial score (nSPS) is 12.8. The highest BCUT2D eigenvalue weighted by molar-refractivity contribution is 7.80. The Kier molecular flexibility index (Phi) is 8.09. The quantitative estimate of drug-likeness (QED) is 0.261. The van der Waals surface area contributed by atoms with Crippen molar-refractivity contribution in [1.29, 1.82) is 0 Å². The van der Waals surface area contributed by atoms with Crippen LogP contribution >= 0.6 is 58.6 Å². The molecule has 162 valence electrons. The molecule has 0 bridgehead atoms. The highest BCUT2D eigenvalue weighted by Gasteiger charge is 2.35. The van der Waals surface area contributed by atoms with E-state index in [0.717, 1.165) is 23.8 Å². The van der Waals surface area contributed by atoms with Crippen LogP contribution in [0.1, 0.15) is 21.5 Å². The first kappa shape index (κ1) is 24.8. The van der Waals surface area contributed by atoms with Crippen molar-refractivity contribution in [1.82, 2.24) is 10.6 Å². The number of anilines is 1. The van der Waals surface area contributed by atoms with Gasteiger partial charge in [-0.3, -0.25) is 4.79 Å². The Labute approximate surface area is 196 Å². The van der Waals surface area contributed by atoms with Gasteiger partial charge in [-0.15, -0.1) is 0 Å². The Hall–Kier alpha value is -1.45. The summed E-state index contributed by atoms with van der Waals surface area (Å²) in [6, 6.07) is 9.37. The number of aryl methyl sites for hydroxylation is 1. The second kappa shape index (κ2) is 9.78. The van der Waals surface area contributed by atoms with Crippen LogP contribution in [-0.4, -0.2) is 21.0 Å². The summed E-state index contributed by atoms with van der Waals surface area (Å²) in [4.78, 5) is 12.5. The lowest BCUT2D eigenvalue weighted by atomic mass is 10.1. The molecule has 1 amide bonds. The minimum absolute atomic E-state index is 0.0126. The number of amides is 1. The molecule has 0 radical (unpaired) electrons. The predicted molar refractivity (Wildman–Crippen MR) is 119 cm³/mol. The zero-order valence-corrected chi connectivity index (χ0v) is 18.9. The molecule has 1 atom stereocenters. The molecule has 3 N–H and O–H groups in total. The van der Waals surface area contributed by atoms with E-state index in [1.807, 2.05) is 0 Å². The van der Waals surface area contributed by atoms with Crippen molar-refractivity contribution >= 4 is 75.3 Å². The molecule has 0 aliphatic rings. The molecule has 2 aromatic carbocycles. The first-order valence-corrected chi connectivity index (χ1v) is 10.1. The molecule has 0 saturated heterocycles. The van der Waals surface area contributed by atoms with Gasteiger partial charge in [-0.05, 0) is 49.5 Å². The van der Waals surface area contributed by atoms with Crippen LogP contribution in [0.2, 0.25) is 5.02 Å². The number of hydrogen-bond donors (Lipinski definition) is 3. The van der Waals surface area contributed by atoms with E-state index in [4.69, 9.17) is 58.6 Å². The average molecular weight is 519 g/mol. The molecule has 0 spiro atoms. The van der Waals surface area contributed by atoms with Crippen LogP contribution in [-0.2, 0) is 6.18 Å². The molecular weight excluding hydrogens is 505 g/mol. The number of carbonyl (C=O) groups excluding carboxylic acids is 1. The third kappa shape index (κ3) is 7.06. The summed E-state index contributed by atoms with van der Waals surface area (Å²) in [5, 5.41) is 7.31. The monoisotopic (exact) mass is 517 g/mol. The molecule has 4 nitrogen and oxygen atoms in total. The summed E-state index contributed by atoms with van der Waals surface area (Å²) < 4.78 is 36.7. The van der Waals surface area contributed by atoms with Crippen LogP contribution in [0.15, 0.2) is 42.5 Å². The summed E-state index contributed by atoms with van der Waals surface area (Å²) in [5.74, 6) is -0.553. The van der Waals surface area contributed by atoms with E-state index in [-0.39, 0.29) is 15.8 Å². The number of hydrogen-bond acceptors (Lipinski definition) is 2. The van der Waals surface area contributed by atoms with Crippen LogP contribution in [0.25, 0.3) is 0 Å². The molecule has 0 fully saturated rings. The lowest BCUT2D eigenvalue weighted by Gasteiger charge is -2.28. The van der Waals surface area contributed by atoms with E-state index in [1.54, 1.807) is 31.2 Å². The molecule has 0 aromatic heterocycles. The van der Waals surface area contributed by atoms with Crippen LogP contribution in [0.4, 0.5) is 18.9 Å². The zero-order valence-electron chi connectivity index (χ0n) is 15.1.